The van der Waals surface area contributed by atoms with Crippen LogP contribution in [0.5, 0.6) is 0 Å². The molecule has 1 N–H and O–H groups in total. The van der Waals surface area contributed by atoms with Crippen molar-refractivity contribution in [3.63, 3.8) is 0 Å². The lowest BCUT2D eigenvalue weighted by atomic mass is 10.1. The summed E-state index contributed by atoms with van der Waals surface area (Å²) in [6, 6.07) is 5.88. The highest BCUT2D eigenvalue weighted by molar-refractivity contribution is 6.21. The Hall–Kier alpha value is -1.59. The summed E-state index contributed by atoms with van der Waals surface area (Å²) in [4.78, 5) is 16.6. The molecule has 2 rings (SSSR count). The molecule has 0 amide bonds. The van der Waals surface area contributed by atoms with Gasteiger partial charge in [0.2, 0.25) is 0 Å². The molecule has 1 atom stereocenters. The third kappa shape index (κ3) is 3.24. The molecular weight excluding hydrogens is 266 g/mol. The number of halogens is 1. The average Bonchev–Trinajstić information content (AvgIpc) is 2.69. The number of nitrogens with zero attached hydrogens (tertiary/aromatic N) is 3. The first-order chi connectivity index (χ1) is 8.97. The van der Waals surface area contributed by atoms with Crippen LogP contribution in [0.1, 0.15) is 10.9 Å². The van der Waals surface area contributed by atoms with Gasteiger partial charge in [0.25, 0.3) is 0 Å². The van der Waals surface area contributed by atoms with Crippen molar-refractivity contribution < 1.29 is 9.90 Å². The number of hydrogen-bond acceptors (Lipinski definition) is 3. The van der Waals surface area contributed by atoms with Crippen LogP contribution in [0.2, 0.25) is 0 Å². The van der Waals surface area contributed by atoms with Crippen LogP contribution in [0.3, 0.4) is 0 Å². The zero-order valence-corrected chi connectivity index (χ0v) is 11.6. The molecule has 0 fully saturated rings. The molecule has 0 bridgehead atoms. The van der Waals surface area contributed by atoms with Crippen LogP contribution in [0, 0.1) is 0 Å². The number of imidazole rings is 1. The molecule has 0 aliphatic heterocycles. The third-order valence-corrected chi connectivity index (χ3v) is 3.38. The monoisotopic (exact) mass is 281 g/mol. The summed E-state index contributed by atoms with van der Waals surface area (Å²) in [5.41, 5.74) is 2.89. The molecule has 0 radical (unpaired) electrons. The summed E-state index contributed by atoms with van der Waals surface area (Å²) in [5.74, 6) is -0.855. The Morgan fingerprint density at radius 3 is 3.00 bits per heavy atom. The molecule has 102 valence electrons. The van der Waals surface area contributed by atoms with Crippen LogP contribution < -0.4 is 0 Å². The maximum atomic E-state index is 10.6. The zero-order valence-electron chi connectivity index (χ0n) is 10.9. The van der Waals surface area contributed by atoms with Crippen LogP contribution in [0.15, 0.2) is 24.5 Å². The Kier molecular flexibility index (Phi) is 4.07. The fourth-order valence-electron chi connectivity index (χ4n) is 2.02. The van der Waals surface area contributed by atoms with Crippen molar-refractivity contribution in [3.05, 3.63) is 30.1 Å². The Bertz CT molecular complexity index is 597. The molecule has 19 heavy (non-hydrogen) atoms. The van der Waals surface area contributed by atoms with E-state index >= 15 is 0 Å². The van der Waals surface area contributed by atoms with Crippen molar-refractivity contribution in [2.75, 3.05) is 20.1 Å². The van der Waals surface area contributed by atoms with Gasteiger partial charge >= 0.3 is 5.97 Å². The fraction of sp³-hybridized carbons (Fsp3) is 0.385. The number of likely N-dealkylation sites (N-methyl/N-ethyl adjacent to an activating group) is 1. The second kappa shape index (κ2) is 5.59. The van der Waals surface area contributed by atoms with Gasteiger partial charge in [0.15, 0.2) is 0 Å². The van der Waals surface area contributed by atoms with Gasteiger partial charge in [-0.05, 0) is 24.7 Å². The highest BCUT2D eigenvalue weighted by Crippen LogP contribution is 2.24. The molecule has 1 aromatic carbocycles. The summed E-state index contributed by atoms with van der Waals surface area (Å²) in [6.45, 7) is 0.460. The van der Waals surface area contributed by atoms with E-state index in [4.69, 9.17) is 16.7 Å². The minimum Gasteiger partial charge on any atom is -0.480 e. The summed E-state index contributed by atoms with van der Waals surface area (Å²) in [7, 11) is 3.68. The van der Waals surface area contributed by atoms with Gasteiger partial charge in [-0.3, -0.25) is 9.69 Å². The van der Waals surface area contributed by atoms with Crippen molar-refractivity contribution in [1.29, 1.82) is 0 Å². The topological polar surface area (TPSA) is 58.4 Å². The molecule has 0 saturated heterocycles. The van der Waals surface area contributed by atoms with Crippen molar-refractivity contribution >= 4 is 28.6 Å². The summed E-state index contributed by atoms with van der Waals surface area (Å²) in [6.07, 6.45) is 1.76. The van der Waals surface area contributed by atoms with Crippen LogP contribution in [0.25, 0.3) is 11.0 Å². The van der Waals surface area contributed by atoms with E-state index in [0.29, 0.717) is 6.54 Å². The molecule has 0 aliphatic rings. The standard InChI is InChI=1S/C13H16ClN3O2/c1-16(7-13(18)19)6-10(14)9-3-4-12-11(5-9)15-8-17(12)2/h3-5,8,10H,6-7H2,1-2H3,(H,18,19). The van der Waals surface area contributed by atoms with E-state index in [1.54, 1.807) is 18.3 Å². The highest BCUT2D eigenvalue weighted by Gasteiger charge is 2.14. The molecular formula is C13H16ClN3O2. The average molecular weight is 282 g/mol. The number of carboxylic acid groups (broad SMARTS) is 1. The van der Waals surface area contributed by atoms with E-state index < -0.39 is 5.97 Å². The largest absolute Gasteiger partial charge is 0.480 e. The van der Waals surface area contributed by atoms with Crippen LogP contribution >= 0.6 is 11.6 Å². The van der Waals surface area contributed by atoms with E-state index in [1.807, 2.05) is 29.8 Å². The predicted molar refractivity (Wildman–Crippen MR) is 74.4 cm³/mol. The number of aromatic nitrogens is 2. The Morgan fingerprint density at radius 1 is 1.58 bits per heavy atom. The zero-order chi connectivity index (χ0) is 14.0. The second-order valence-electron chi connectivity index (χ2n) is 4.66. The summed E-state index contributed by atoms with van der Waals surface area (Å²) >= 11 is 6.32. The number of alkyl halides is 1. The van der Waals surface area contributed by atoms with Gasteiger partial charge in [-0.15, -0.1) is 11.6 Å². The molecule has 0 saturated carbocycles. The summed E-state index contributed by atoms with van der Waals surface area (Å²) in [5, 5.41) is 8.46. The first-order valence-electron chi connectivity index (χ1n) is 5.92. The van der Waals surface area contributed by atoms with E-state index in [0.717, 1.165) is 16.6 Å². The number of hydrogen-bond donors (Lipinski definition) is 1. The Morgan fingerprint density at radius 2 is 2.32 bits per heavy atom. The summed E-state index contributed by atoms with van der Waals surface area (Å²) < 4.78 is 1.94. The minimum atomic E-state index is -0.855. The first kappa shape index (κ1) is 13.8. The SMILES string of the molecule is CN(CC(=O)O)CC(Cl)c1ccc2c(c1)ncn2C. The van der Waals surface area contributed by atoms with Crippen molar-refractivity contribution in [2.45, 2.75) is 5.38 Å². The number of aryl methyl sites for hydroxylation is 1. The number of benzene rings is 1. The number of carboxylic acids is 1. The second-order valence-corrected chi connectivity index (χ2v) is 5.19. The molecule has 6 heteroatoms. The van der Waals surface area contributed by atoms with Gasteiger partial charge in [0, 0.05) is 13.6 Å². The Labute approximate surface area is 116 Å². The van der Waals surface area contributed by atoms with Crippen LogP contribution in [-0.4, -0.2) is 45.7 Å². The molecule has 5 nitrogen and oxygen atoms in total. The fourth-order valence-corrected chi connectivity index (χ4v) is 2.39. The quantitative estimate of drug-likeness (QED) is 0.850. The van der Waals surface area contributed by atoms with Gasteiger partial charge in [0.05, 0.1) is 29.3 Å². The predicted octanol–water partition coefficient (Wildman–Crippen LogP) is 1.87. The van der Waals surface area contributed by atoms with Crippen molar-refractivity contribution in [3.8, 4) is 0 Å². The minimum absolute atomic E-state index is 0.0188. The maximum Gasteiger partial charge on any atom is 0.317 e. The number of aliphatic carboxylic acids is 1. The highest BCUT2D eigenvalue weighted by atomic mass is 35.5. The van der Waals surface area contributed by atoms with E-state index in [1.165, 1.54) is 0 Å². The first-order valence-corrected chi connectivity index (χ1v) is 6.36. The Balaban J connectivity index is 2.12. The number of fused-ring (bicyclic) bond motifs is 1. The molecule has 0 aliphatic carbocycles. The van der Waals surface area contributed by atoms with Gasteiger partial charge in [-0.1, -0.05) is 6.07 Å². The lowest BCUT2D eigenvalue weighted by molar-refractivity contribution is -0.137. The van der Waals surface area contributed by atoms with Gasteiger partial charge in [-0.2, -0.15) is 0 Å². The lowest BCUT2D eigenvalue weighted by Crippen LogP contribution is -2.28. The lowest BCUT2D eigenvalue weighted by Gasteiger charge is -2.18. The smallest absolute Gasteiger partial charge is 0.317 e. The normalized spacial score (nSPS) is 13.1. The van der Waals surface area contributed by atoms with E-state index in [9.17, 15) is 4.79 Å². The van der Waals surface area contributed by atoms with E-state index in [2.05, 4.69) is 4.98 Å². The molecule has 2 aromatic rings. The molecule has 1 unspecified atom stereocenters. The molecule has 0 spiro atoms. The van der Waals surface area contributed by atoms with Gasteiger partial charge in [-0.25, -0.2) is 4.98 Å². The maximum absolute atomic E-state index is 10.6. The van der Waals surface area contributed by atoms with Crippen LogP contribution in [-0.2, 0) is 11.8 Å². The van der Waals surface area contributed by atoms with Gasteiger partial charge < -0.3 is 9.67 Å². The van der Waals surface area contributed by atoms with Crippen molar-refractivity contribution in [2.24, 2.45) is 7.05 Å². The number of rotatable bonds is 5. The van der Waals surface area contributed by atoms with Crippen LogP contribution in [0.4, 0.5) is 0 Å². The number of carbonyl (C=O) groups is 1. The van der Waals surface area contributed by atoms with E-state index in [-0.39, 0.29) is 11.9 Å². The molecule has 1 aromatic heterocycles. The van der Waals surface area contributed by atoms with Crippen molar-refractivity contribution in [1.82, 2.24) is 14.5 Å². The van der Waals surface area contributed by atoms with Gasteiger partial charge in [0.1, 0.15) is 0 Å². The molecule has 1 heterocycles. The third-order valence-electron chi connectivity index (χ3n) is 2.99.